The quantitative estimate of drug-likeness (QED) is 0.920. The molecule has 3 nitrogen and oxygen atoms in total. The van der Waals surface area contributed by atoms with Crippen LogP contribution >= 0.6 is 0 Å². The van der Waals surface area contributed by atoms with Crippen LogP contribution in [0, 0.1) is 5.92 Å². The van der Waals surface area contributed by atoms with Crippen LogP contribution in [0.15, 0.2) is 30.3 Å². The van der Waals surface area contributed by atoms with Crippen LogP contribution in [0.25, 0.3) is 0 Å². The summed E-state index contributed by atoms with van der Waals surface area (Å²) in [5, 5.41) is 9.76. The van der Waals surface area contributed by atoms with Crippen molar-refractivity contribution in [2.75, 3.05) is 13.1 Å². The summed E-state index contributed by atoms with van der Waals surface area (Å²) in [5.41, 5.74) is 0.747. The second kappa shape index (κ2) is 5.21. The lowest BCUT2D eigenvalue weighted by Gasteiger charge is -2.52. The maximum Gasteiger partial charge on any atom is 0.324 e. The average Bonchev–Trinajstić information content (AvgIpc) is 2.38. The summed E-state index contributed by atoms with van der Waals surface area (Å²) < 4.78 is 0. The molecule has 1 aromatic rings. The summed E-state index contributed by atoms with van der Waals surface area (Å²) in [4.78, 5) is 14.1. The molecular weight excluding hydrogens is 250 g/mol. The van der Waals surface area contributed by atoms with Gasteiger partial charge >= 0.3 is 5.97 Å². The van der Waals surface area contributed by atoms with Gasteiger partial charge < -0.3 is 5.11 Å². The van der Waals surface area contributed by atoms with Crippen molar-refractivity contribution in [3.05, 3.63) is 35.9 Å². The molecule has 0 spiro atoms. The maximum absolute atomic E-state index is 11.9. The van der Waals surface area contributed by atoms with Crippen LogP contribution in [0.1, 0.15) is 44.1 Å². The topological polar surface area (TPSA) is 40.5 Å². The molecule has 1 heterocycles. The minimum absolute atomic E-state index is 0.504. The summed E-state index contributed by atoms with van der Waals surface area (Å²) in [5.74, 6) is 0.413. The Morgan fingerprint density at radius 1 is 1.30 bits per heavy atom. The van der Waals surface area contributed by atoms with Gasteiger partial charge in [0.15, 0.2) is 0 Å². The van der Waals surface area contributed by atoms with Crippen LogP contribution < -0.4 is 0 Å². The Hall–Kier alpha value is -1.35. The van der Waals surface area contributed by atoms with Crippen molar-refractivity contribution >= 4 is 5.97 Å². The molecule has 0 amide bonds. The standard InChI is InChI=1S/C17H23NO2/c1-13-6-5-9-17(10-13,16(19)20)18-11-15(12-18)14-7-3-2-4-8-14/h2-4,7-8,13,15H,5-6,9-12H2,1H3,(H,19,20). The summed E-state index contributed by atoms with van der Waals surface area (Å²) in [6.07, 6.45) is 3.84. The van der Waals surface area contributed by atoms with E-state index in [1.54, 1.807) is 0 Å². The molecule has 1 aromatic carbocycles. The molecule has 1 saturated heterocycles. The molecule has 1 N–H and O–H groups in total. The van der Waals surface area contributed by atoms with Crippen LogP contribution in [0.3, 0.4) is 0 Å². The Labute approximate surface area is 120 Å². The molecule has 2 aliphatic rings. The van der Waals surface area contributed by atoms with Gasteiger partial charge in [0, 0.05) is 19.0 Å². The zero-order valence-corrected chi connectivity index (χ0v) is 12.1. The fourth-order valence-corrected chi connectivity index (χ4v) is 3.90. The Morgan fingerprint density at radius 3 is 2.60 bits per heavy atom. The van der Waals surface area contributed by atoms with Crippen LogP contribution in [0.5, 0.6) is 0 Å². The Kier molecular flexibility index (Phi) is 3.55. The number of aliphatic carboxylic acids is 1. The molecule has 20 heavy (non-hydrogen) atoms. The molecule has 0 radical (unpaired) electrons. The third kappa shape index (κ3) is 2.24. The average molecular weight is 273 g/mol. The first-order valence-electron chi connectivity index (χ1n) is 7.65. The third-order valence-electron chi connectivity index (χ3n) is 5.13. The first-order valence-corrected chi connectivity index (χ1v) is 7.65. The van der Waals surface area contributed by atoms with Gasteiger partial charge in [0.05, 0.1) is 0 Å². The Bertz CT molecular complexity index is 481. The summed E-state index contributed by atoms with van der Waals surface area (Å²) in [6, 6.07) is 10.5. The highest BCUT2D eigenvalue weighted by Crippen LogP contribution is 2.42. The molecule has 2 atom stereocenters. The number of carboxylic acids is 1. The molecule has 1 aliphatic carbocycles. The highest BCUT2D eigenvalue weighted by Gasteiger charge is 2.51. The van der Waals surface area contributed by atoms with E-state index >= 15 is 0 Å². The molecule has 108 valence electrons. The van der Waals surface area contributed by atoms with Gasteiger partial charge in [-0.2, -0.15) is 0 Å². The van der Waals surface area contributed by atoms with E-state index < -0.39 is 11.5 Å². The Balaban J connectivity index is 1.71. The second-order valence-corrected chi connectivity index (χ2v) is 6.55. The van der Waals surface area contributed by atoms with Crippen molar-refractivity contribution in [1.82, 2.24) is 4.90 Å². The van der Waals surface area contributed by atoms with E-state index in [2.05, 4.69) is 36.1 Å². The van der Waals surface area contributed by atoms with Gasteiger partial charge in [-0.05, 0) is 24.3 Å². The highest BCUT2D eigenvalue weighted by atomic mass is 16.4. The molecule has 1 saturated carbocycles. The van der Waals surface area contributed by atoms with Crippen molar-refractivity contribution in [2.45, 2.75) is 44.1 Å². The van der Waals surface area contributed by atoms with Crippen LogP contribution in [0.2, 0.25) is 0 Å². The second-order valence-electron chi connectivity index (χ2n) is 6.55. The smallest absolute Gasteiger partial charge is 0.324 e. The van der Waals surface area contributed by atoms with E-state index in [9.17, 15) is 9.90 Å². The number of likely N-dealkylation sites (tertiary alicyclic amines) is 1. The zero-order valence-electron chi connectivity index (χ0n) is 12.1. The first kappa shape index (κ1) is 13.6. The van der Waals surface area contributed by atoms with Gasteiger partial charge in [-0.25, -0.2) is 0 Å². The third-order valence-corrected chi connectivity index (χ3v) is 5.13. The largest absolute Gasteiger partial charge is 0.480 e. The summed E-state index contributed by atoms with van der Waals surface area (Å²) in [7, 11) is 0. The van der Waals surface area contributed by atoms with Crippen molar-refractivity contribution in [2.24, 2.45) is 5.92 Å². The predicted octanol–water partition coefficient (Wildman–Crippen LogP) is 3.12. The molecule has 2 unspecified atom stereocenters. The number of benzene rings is 1. The van der Waals surface area contributed by atoms with E-state index in [4.69, 9.17) is 0 Å². The lowest BCUT2D eigenvalue weighted by atomic mass is 9.72. The van der Waals surface area contributed by atoms with E-state index in [1.807, 2.05) is 6.07 Å². The summed E-state index contributed by atoms with van der Waals surface area (Å²) >= 11 is 0. The maximum atomic E-state index is 11.9. The molecule has 3 heteroatoms. The van der Waals surface area contributed by atoms with E-state index in [0.29, 0.717) is 11.8 Å². The molecule has 1 aliphatic heterocycles. The summed E-state index contributed by atoms with van der Waals surface area (Å²) in [6.45, 7) is 3.97. The van der Waals surface area contributed by atoms with Crippen molar-refractivity contribution in [3.63, 3.8) is 0 Å². The number of nitrogens with zero attached hydrogens (tertiary/aromatic N) is 1. The minimum atomic E-state index is -0.615. The van der Waals surface area contributed by atoms with Gasteiger partial charge in [-0.3, -0.25) is 9.69 Å². The lowest BCUT2D eigenvalue weighted by molar-refractivity contribution is -0.160. The minimum Gasteiger partial charge on any atom is -0.480 e. The van der Waals surface area contributed by atoms with E-state index in [0.717, 1.165) is 32.4 Å². The number of carbonyl (C=O) groups is 1. The predicted molar refractivity (Wildman–Crippen MR) is 78.8 cm³/mol. The van der Waals surface area contributed by atoms with Gasteiger partial charge in [0.2, 0.25) is 0 Å². The lowest BCUT2D eigenvalue weighted by Crippen LogP contribution is -2.64. The first-order chi connectivity index (χ1) is 9.62. The fourth-order valence-electron chi connectivity index (χ4n) is 3.90. The number of carboxylic acid groups (broad SMARTS) is 1. The number of hydrogen-bond donors (Lipinski definition) is 1. The molecular formula is C17H23NO2. The SMILES string of the molecule is CC1CCCC(C(=O)O)(N2CC(c3ccccc3)C2)C1. The molecule has 2 fully saturated rings. The van der Waals surface area contributed by atoms with Crippen molar-refractivity contribution < 1.29 is 9.90 Å². The van der Waals surface area contributed by atoms with Crippen LogP contribution in [-0.2, 0) is 4.79 Å². The van der Waals surface area contributed by atoms with E-state index in [-0.39, 0.29) is 0 Å². The van der Waals surface area contributed by atoms with Crippen LogP contribution in [-0.4, -0.2) is 34.6 Å². The Morgan fingerprint density at radius 2 is 2.00 bits per heavy atom. The molecule has 0 aromatic heterocycles. The molecule has 3 rings (SSSR count). The van der Waals surface area contributed by atoms with Gasteiger partial charge in [-0.1, -0.05) is 50.1 Å². The van der Waals surface area contributed by atoms with Crippen molar-refractivity contribution in [1.29, 1.82) is 0 Å². The van der Waals surface area contributed by atoms with Crippen molar-refractivity contribution in [3.8, 4) is 0 Å². The highest BCUT2D eigenvalue weighted by molar-refractivity contribution is 5.79. The number of hydrogen-bond acceptors (Lipinski definition) is 2. The van der Waals surface area contributed by atoms with Gasteiger partial charge in [0.25, 0.3) is 0 Å². The fraction of sp³-hybridized carbons (Fsp3) is 0.588. The van der Waals surface area contributed by atoms with Gasteiger partial charge in [-0.15, -0.1) is 0 Å². The van der Waals surface area contributed by atoms with Gasteiger partial charge in [0.1, 0.15) is 5.54 Å². The monoisotopic (exact) mass is 273 g/mol. The van der Waals surface area contributed by atoms with Crippen LogP contribution in [0.4, 0.5) is 0 Å². The molecule has 0 bridgehead atoms. The van der Waals surface area contributed by atoms with E-state index in [1.165, 1.54) is 12.0 Å². The normalized spacial score (nSPS) is 31.8. The zero-order chi connectivity index (χ0) is 14.2. The number of rotatable bonds is 3.